The number of carbonyl (C=O) groups excluding carboxylic acids is 1. The van der Waals surface area contributed by atoms with Gasteiger partial charge in [0, 0.05) is 5.56 Å². The molecule has 4 nitrogen and oxygen atoms in total. The summed E-state index contributed by atoms with van der Waals surface area (Å²) in [7, 11) is 0. The first-order chi connectivity index (χ1) is 10.6. The van der Waals surface area contributed by atoms with Crippen molar-refractivity contribution in [2.75, 3.05) is 0 Å². The van der Waals surface area contributed by atoms with E-state index >= 15 is 0 Å². The maximum Gasteiger partial charge on any atom is 0.298 e. The van der Waals surface area contributed by atoms with Crippen molar-refractivity contribution in [3.8, 4) is 5.75 Å². The van der Waals surface area contributed by atoms with E-state index in [9.17, 15) is 18.0 Å². The standard InChI is InChI=1S/C15H9F3N2O2/c16-13-5-11(6-14(17)15(13)18)8-20-19-7-10-1-3-12(4-2-10)22-9-21/h1-9H/b19-7+,20-8+. The minimum absolute atomic E-state index is 0.0447. The van der Waals surface area contributed by atoms with E-state index in [-0.39, 0.29) is 5.56 Å². The molecule has 112 valence electrons. The normalized spacial score (nSPS) is 11.2. The summed E-state index contributed by atoms with van der Waals surface area (Å²) in [5.41, 5.74) is 0.718. The highest BCUT2D eigenvalue weighted by Gasteiger charge is 2.09. The highest BCUT2D eigenvalue weighted by molar-refractivity contribution is 5.82. The third-order valence-corrected chi connectivity index (χ3v) is 2.55. The molecule has 0 unspecified atom stereocenters. The monoisotopic (exact) mass is 306 g/mol. The van der Waals surface area contributed by atoms with Crippen LogP contribution in [-0.4, -0.2) is 18.9 Å². The molecule has 7 heteroatoms. The number of benzene rings is 2. The number of nitrogens with zero attached hydrogens (tertiary/aromatic N) is 2. The molecule has 22 heavy (non-hydrogen) atoms. The Morgan fingerprint density at radius 1 is 0.864 bits per heavy atom. The molecule has 0 aromatic heterocycles. The summed E-state index contributed by atoms with van der Waals surface area (Å²) in [5, 5.41) is 7.30. The van der Waals surface area contributed by atoms with Crippen LogP contribution in [0.15, 0.2) is 46.6 Å². The predicted molar refractivity (Wildman–Crippen MR) is 74.6 cm³/mol. The molecule has 0 saturated heterocycles. The van der Waals surface area contributed by atoms with Gasteiger partial charge in [0.1, 0.15) is 5.75 Å². The number of hydrogen-bond acceptors (Lipinski definition) is 4. The predicted octanol–water partition coefficient (Wildman–Crippen LogP) is 3.09. The van der Waals surface area contributed by atoms with Crippen molar-refractivity contribution in [3.05, 3.63) is 65.0 Å². The highest BCUT2D eigenvalue weighted by atomic mass is 19.2. The van der Waals surface area contributed by atoms with Gasteiger partial charge in [-0.15, -0.1) is 0 Å². The van der Waals surface area contributed by atoms with E-state index in [2.05, 4.69) is 14.9 Å². The Bertz CT molecular complexity index is 705. The molecule has 0 aliphatic heterocycles. The number of hydrogen-bond donors (Lipinski definition) is 0. The van der Waals surface area contributed by atoms with Crippen molar-refractivity contribution < 1.29 is 22.7 Å². The van der Waals surface area contributed by atoms with Gasteiger partial charge in [-0.05, 0) is 42.0 Å². The van der Waals surface area contributed by atoms with Crippen LogP contribution in [0.25, 0.3) is 0 Å². The lowest BCUT2D eigenvalue weighted by Gasteiger charge is -1.97. The fourth-order valence-corrected chi connectivity index (χ4v) is 1.54. The smallest absolute Gasteiger partial charge is 0.298 e. The average molecular weight is 306 g/mol. The van der Waals surface area contributed by atoms with Crippen LogP contribution in [0.3, 0.4) is 0 Å². The Labute approximate surface area is 123 Å². The fourth-order valence-electron chi connectivity index (χ4n) is 1.54. The van der Waals surface area contributed by atoms with E-state index in [0.29, 0.717) is 17.8 Å². The summed E-state index contributed by atoms with van der Waals surface area (Å²) in [6, 6.07) is 8.00. The van der Waals surface area contributed by atoms with Gasteiger partial charge in [0.05, 0.1) is 12.4 Å². The van der Waals surface area contributed by atoms with Crippen LogP contribution in [0.1, 0.15) is 11.1 Å². The fraction of sp³-hybridized carbons (Fsp3) is 0. The van der Waals surface area contributed by atoms with Gasteiger partial charge in [-0.3, -0.25) is 4.79 Å². The largest absolute Gasteiger partial charge is 0.429 e. The van der Waals surface area contributed by atoms with Crippen LogP contribution in [0, 0.1) is 17.5 Å². The Hall–Kier alpha value is -2.96. The summed E-state index contributed by atoms with van der Waals surface area (Å²) in [6.45, 7) is 0.314. The summed E-state index contributed by atoms with van der Waals surface area (Å²) >= 11 is 0. The Morgan fingerprint density at radius 2 is 1.41 bits per heavy atom. The topological polar surface area (TPSA) is 51.0 Å². The summed E-state index contributed by atoms with van der Waals surface area (Å²) < 4.78 is 43.3. The zero-order valence-electron chi connectivity index (χ0n) is 11.0. The molecule has 2 aromatic carbocycles. The molecule has 0 atom stereocenters. The van der Waals surface area contributed by atoms with Crippen LogP contribution in [0.5, 0.6) is 5.75 Å². The van der Waals surface area contributed by atoms with Crippen molar-refractivity contribution in [1.29, 1.82) is 0 Å². The lowest BCUT2D eigenvalue weighted by atomic mass is 10.2. The van der Waals surface area contributed by atoms with Gasteiger partial charge in [-0.1, -0.05) is 0 Å². The molecule has 2 aromatic rings. The zero-order valence-corrected chi connectivity index (χ0v) is 11.0. The molecular weight excluding hydrogens is 297 g/mol. The molecular formula is C15H9F3N2O2. The van der Waals surface area contributed by atoms with E-state index < -0.39 is 17.5 Å². The molecule has 0 spiro atoms. The highest BCUT2D eigenvalue weighted by Crippen LogP contribution is 2.12. The van der Waals surface area contributed by atoms with Gasteiger partial charge in [-0.25, -0.2) is 13.2 Å². The first kappa shape index (κ1) is 15.4. The zero-order chi connectivity index (χ0) is 15.9. The maximum atomic E-state index is 13.0. The van der Waals surface area contributed by atoms with Gasteiger partial charge >= 0.3 is 0 Å². The van der Waals surface area contributed by atoms with Crippen molar-refractivity contribution >= 4 is 18.9 Å². The van der Waals surface area contributed by atoms with Gasteiger partial charge in [0.2, 0.25) is 0 Å². The Morgan fingerprint density at radius 3 is 1.95 bits per heavy atom. The minimum Gasteiger partial charge on any atom is -0.429 e. The third-order valence-electron chi connectivity index (χ3n) is 2.55. The van der Waals surface area contributed by atoms with E-state index in [1.807, 2.05) is 0 Å². The van der Waals surface area contributed by atoms with E-state index in [1.54, 1.807) is 24.3 Å². The van der Waals surface area contributed by atoms with Crippen molar-refractivity contribution in [3.63, 3.8) is 0 Å². The van der Waals surface area contributed by atoms with E-state index in [4.69, 9.17) is 0 Å². The third kappa shape index (κ3) is 4.02. The number of ether oxygens (including phenoxy) is 1. The second-order valence-electron chi connectivity index (χ2n) is 4.07. The molecule has 0 aliphatic carbocycles. The first-order valence-corrected chi connectivity index (χ1v) is 6.01. The number of carbonyl (C=O) groups is 1. The van der Waals surface area contributed by atoms with Gasteiger partial charge in [0.15, 0.2) is 17.5 Å². The molecule has 2 rings (SSSR count). The Kier molecular flexibility index (Phi) is 5.02. The lowest BCUT2D eigenvalue weighted by Crippen LogP contribution is -1.93. The molecule has 0 aliphatic rings. The second-order valence-corrected chi connectivity index (χ2v) is 4.07. The van der Waals surface area contributed by atoms with Crippen molar-refractivity contribution in [1.82, 2.24) is 0 Å². The average Bonchev–Trinajstić information content (AvgIpc) is 2.51. The Balaban J connectivity index is 2.04. The van der Waals surface area contributed by atoms with Crippen molar-refractivity contribution in [2.45, 2.75) is 0 Å². The minimum atomic E-state index is -1.53. The van der Waals surface area contributed by atoms with Crippen LogP contribution in [0.2, 0.25) is 0 Å². The van der Waals surface area contributed by atoms with E-state index in [0.717, 1.165) is 18.3 Å². The molecule has 0 amide bonds. The number of rotatable bonds is 5. The van der Waals surface area contributed by atoms with Crippen LogP contribution in [0.4, 0.5) is 13.2 Å². The van der Waals surface area contributed by atoms with Crippen LogP contribution < -0.4 is 4.74 Å². The SMILES string of the molecule is O=COc1ccc(/C=N/N=C/c2cc(F)c(F)c(F)c2)cc1. The number of halogens is 3. The second kappa shape index (κ2) is 7.16. The molecule has 0 N–H and O–H groups in total. The van der Waals surface area contributed by atoms with Crippen LogP contribution in [-0.2, 0) is 4.79 Å². The van der Waals surface area contributed by atoms with Gasteiger partial charge in [-0.2, -0.15) is 10.2 Å². The lowest BCUT2D eigenvalue weighted by molar-refractivity contribution is -0.120. The molecule has 0 heterocycles. The van der Waals surface area contributed by atoms with Crippen LogP contribution >= 0.6 is 0 Å². The molecule has 0 saturated carbocycles. The maximum absolute atomic E-state index is 13.0. The summed E-state index contributed by atoms with van der Waals surface area (Å²) in [6.07, 6.45) is 2.48. The first-order valence-electron chi connectivity index (χ1n) is 6.01. The quantitative estimate of drug-likeness (QED) is 0.369. The summed E-state index contributed by atoms with van der Waals surface area (Å²) in [4.78, 5) is 10.1. The summed E-state index contributed by atoms with van der Waals surface area (Å²) in [5.74, 6) is -3.74. The molecule has 0 fully saturated rings. The van der Waals surface area contributed by atoms with Gasteiger partial charge in [0.25, 0.3) is 6.47 Å². The van der Waals surface area contributed by atoms with E-state index in [1.165, 1.54) is 6.21 Å². The van der Waals surface area contributed by atoms with Gasteiger partial charge < -0.3 is 4.74 Å². The molecule has 0 bridgehead atoms. The molecule has 0 radical (unpaired) electrons. The van der Waals surface area contributed by atoms with Crippen molar-refractivity contribution in [2.24, 2.45) is 10.2 Å².